The van der Waals surface area contributed by atoms with Gasteiger partial charge < -0.3 is 9.88 Å². The van der Waals surface area contributed by atoms with Crippen LogP contribution < -0.4 is 5.32 Å². The molecule has 60 valence electrons. The van der Waals surface area contributed by atoms with Crippen molar-refractivity contribution in [3.8, 4) is 0 Å². The summed E-state index contributed by atoms with van der Waals surface area (Å²) in [6.45, 7) is 2.22. The van der Waals surface area contributed by atoms with Gasteiger partial charge in [0.15, 0.2) is 0 Å². The number of nitrogens with zero attached hydrogens (tertiary/aromatic N) is 2. The molecule has 0 aromatic carbocycles. The fourth-order valence-corrected chi connectivity index (χ4v) is 1.65. The third-order valence-electron chi connectivity index (χ3n) is 2.28. The highest BCUT2D eigenvalue weighted by Crippen LogP contribution is 2.19. The Balaban J connectivity index is 2.21. The first kappa shape index (κ1) is 6.85. The number of hydrogen-bond acceptors (Lipinski definition) is 2. The highest BCUT2D eigenvalue weighted by molar-refractivity contribution is 5.02. The number of rotatable bonds is 1. The van der Waals surface area contributed by atoms with E-state index < -0.39 is 0 Å². The lowest BCUT2D eigenvalue weighted by Crippen LogP contribution is -2.10. The van der Waals surface area contributed by atoms with E-state index >= 15 is 0 Å². The van der Waals surface area contributed by atoms with E-state index in [9.17, 15) is 0 Å². The van der Waals surface area contributed by atoms with Crippen molar-refractivity contribution in [2.24, 2.45) is 7.05 Å². The average Bonchev–Trinajstić information content (AvgIpc) is 2.55. The molecule has 0 radical (unpaired) electrons. The normalized spacial score (nSPS) is 24.3. The number of aryl methyl sites for hydroxylation is 1. The maximum absolute atomic E-state index is 4.32. The Labute approximate surface area is 66.4 Å². The lowest BCUT2D eigenvalue weighted by atomic mass is 10.1. The van der Waals surface area contributed by atoms with Crippen LogP contribution in [0, 0.1) is 0 Å². The van der Waals surface area contributed by atoms with E-state index in [1.807, 2.05) is 12.4 Å². The summed E-state index contributed by atoms with van der Waals surface area (Å²) < 4.78 is 2.11. The van der Waals surface area contributed by atoms with Crippen molar-refractivity contribution >= 4 is 0 Å². The Morgan fingerprint density at radius 1 is 1.73 bits per heavy atom. The summed E-state index contributed by atoms with van der Waals surface area (Å²) in [6, 6.07) is 0. The van der Waals surface area contributed by atoms with Gasteiger partial charge in [-0.2, -0.15) is 0 Å². The quantitative estimate of drug-likeness (QED) is 0.633. The van der Waals surface area contributed by atoms with Crippen LogP contribution in [0.1, 0.15) is 18.2 Å². The molecule has 0 unspecified atom stereocenters. The van der Waals surface area contributed by atoms with Gasteiger partial charge in [-0.05, 0) is 13.0 Å². The van der Waals surface area contributed by atoms with Crippen LogP contribution >= 0.6 is 0 Å². The summed E-state index contributed by atoms with van der Waals surface area (Å²) in [5, 5.41) is 3.33. The first-order valence-electron chi connectivity index (χ1n) is 4.06. The standard InChI is InChI=1S/C8H13N3/c1-11-5-4-10-8(11)7-2-3-9-6-7/h4-5,7,9H,2-3,6H2,1H3/t7-/m1/s1. The predicted octanol–water partition coefficient (Wildman–Crippen LogP) is 0.497. The first-order chi connectivity index (χ1) is 5.38. The molecule has 1 aromatic rings. The largest absolute Gasteiger partial charge is 0.338 e. The zero-order valence-electron chi connectivity index (χ0n) is 6.75. The lowest BCUT2D eigenvalue weighted by Gasteiger charge is -2.06. The van der Waals surface area contributed by atoms with E-state index in [0.29, 0.717) is 5.92 Å². The van der Waals surface area contributed by atoms with Crippen molar-refractivity contribution in [1.29, 1.82) is 0 Å². The van der Waals surface area contributed by atoms with Crippen molar-refractivity contribution < 1.29 is 0 Å². The Kier molecular flexibility index (Phi) is 1.66. The van der Waals surface area contributed by atoms with Crippen molar-refractivity contribution in [1.82, 2.24) is 14.9 Å². The summed E-state index contributed by atoms with van der Waals surface area (Å²) in [6.07, 6.45) is 5.10. The van der Waals surface area contributed by atoms with Crippen molar-refractivity contribution in [3.05, 3.63) is 18.2 Å². The third-order valence-corrected chi connectivity index (χ3v) is 2.28. The van der Waals surface area contributed by atoms with Gasteiger partial charge in [0.2, 0.25) is 0 Å². The zero-order valence-corrected chi connectivity index (χ0v) is 6.75. The fourth-order valence-electron chi connectivity index (χ4n) is 1.65. The van der Waals surface area contributed by atoms with Crippen molar-refractivity contribution in [2.75, 3.05) is 13.1 Å². The maximum atomic E-state index is 4.32. The molecular weight excluding hydrogens is 138 g/mol. The van der Waals surface area contributed by atoms with Gasteiger partial charge in [-0.1, -0.05) is 0 Å². The molecule has 3 nitrogen and oxygen atoms in total. The molecule has 0 bridgehead atoms. The van der Waals surface area contributed by atoms with Crippen LogP contribution in [-0.4, -0.2) is 22.6 Å². The van der Waals surface area contributed by atoms with Crippen LogP contribution in [-0.2, 0) is 7.05 Å². The van der Waals surface area contributed by atoms with E-state index in [2.05, 4.69) is 21.9 Å². The number of aromatic nitrogens is 2. The van der Waals surface area contributed by atoms with Crippen molar-refractivity contribution in [3.63, 3.8) is 0 Å². The summed E-state index contributed by atoms with van der Waals surface area (Å²) in [7, 11) is 2.06. The van der Waals surface area contributed by atoms with Gasteiger partial charge >= 0.3 is 0 Å². The van der Waals surface area contributed by atoms with Gasteiger partial charge in [-0.3, -0.25) is 0 Å². The smallest absolute Gasteiger partial charge is 0.112 e. The Hall–Kier alpha value is -0.830. The molecule has 11 heavy (non-hydrogen) atoms. The van der Waals surface area contributed by atoms with E-state index in [4.69, 9.17) is 0 Å². The second-order valence-corrected chi connectivity index (χ2v) is 3.09. The van der Waals surface area contributed by atoms with Gasteiger partial charge in [-0.25, -0.2) is 4.98 Å². The Morgan fingerprint density at radius 3 is 3.18 bits per heavy atom. The third kappa shape index (κ3) is 1.16. The molecule has 2 rings (SSSR count). The van der Waals surface area contributed by atoms with Gasteiger partial charge in [-0.15, -0.1) is 0 Å². The molecule has 1 atom stereocenters. The second-order valence-electron chi connectivity index (χ2n) is 3.09. The minimum atomic E-state index is 0.634. The molecule has 1 saturated heterocycles. The first-order valence-corrected chi connectivity index (χ1v) is 4.06. The number of imidazole rings is 1. The summed E-state index contributed by atoms with van der Waals surface area (Å²) in [5.74, 6) is 1.85. The SMILES string of the molecule is Cn1ccnc1[C@@H]1CCNC1. The topological polar surface area (TPSA) is 29.9 Å². The lowest BCUT2D eigenvalue weighted by molar-refractivity contribution is 0.660. The van der Waals surface area contributed by atoms with Crippen LogP contribution in [0.2, 0.25) is 0 Å². The van der Waals surface area contributed by atoms with Gasteiger partial charge in [0.05, 0.1) is 0 Å². The second kappa shape index (κ2) is 2.66. The molecule has 0 amide bonds. The van der Waals surface area contributed by atoms with E-state index in [-0.39, 0.29) is 0 Å². The molecule has 1 aliphatic rings. The zero-order chi connectivity index (χ0) is 7.68. The van der Waals surface area contributed by atoms with E-state index in [1.54, 1.807) is 0 Å². The fraction of sp³-hybridized carbons (Fsp3) is 0.625. The highest BCUT2D eigenvalue weighted by Gasteiger charge is 2.19. The van der Waals surface area contributed by atoms with Gasteiger partial charge in [0.25, 0.3) is 0 Å². The van der Waals surface area contributed by atoms with Crippen LogP contribution in [0.3, 0.4) is 0 Å². The molecular formula is C8H13N3. The van der Waals surface area contributed by atoms with E-state index in [1.165, 1.54) is 12.2 Å². The number of nitrogens with one attached hydrogen (secondary N) is 1. The van der Waals surface area contributed by atoms with E-state index in [0.717, 1.165) is 13.1 Å². The monoisotopic (exact) mass is 151 g/mol. The molecule has 1 fully saturated rings. The minimum Gasteiger partial charge on any atom is -0.338 e. The minimum absolute atomic E-state index is 0.634. The van der Waals surface area contributed by atoms with Crippen LogP contribution in [0.15, 0.2) is 12.4 Å². The Morgan fingerprint density at radius 2 is 2.64 bits per heavy atom. The number of hydrogen-bond donors (Lipinski definition) is 1. The molecule has 2 heterocycles. The molecule has 1 aromatic heterocycles. The van der Waals surface area contributed by atoms with Crippen LogP contribution in [0.25, 0.3) is 0 Å². The van der Waals surface area contributed by atoms with Crippen LogP contribution in [0.4, 0.5) is 0 Å². The maximum Gasteiger partial charge on any atom is 0.112 e. The average molecular weight is 151 g/mol. The van der Waals surface area contributed by atoms with Crippen molar-refractivity contribution in [2.45, 2.75) is 12.3 Å². The molecule has 1 N–H and O–H groups in total. The molecule has 1 aliphatic heterocycles. The van der Waals surface area contributed by atoms with Crippen LogP contribution in [0.5, 0.6) is 0 Å². The molecule has 0 spiro atoms. The Bertz CT molecular complexity index is 235. The summed E-state index contributed by atoms with van der Waals surface area (Å²) in [5.41, 5.74) is 0. The molecule has 0 aliphatic carbocycles. The summed E-state index contributed by atoms with van der Waals surface area (Å²) >= 11 is 0. The van der Waals surface area contributed by atoms with Gasteiger partial charge in [0, 0.05) is 31.9 Å². The molecule has 3 heteroatoms. The van der Waals surface area contributed by atoms with Gasteiger partial charge in [0.1, 0.15) is 5.82 Å². The summed E-state index contributed by atoms with van der Waals surface area (Å²) in [4.78, 5) is 4.32. The molecule has 0 saturated carbocycles. The predicted molar refractivity (Wildman–Crippen MR) is 43.4 cm³/mol. The highest BCUT2D eigenvalue weighted by atomic mass is 15.1.